The van der Waals surface area contributed by atoms with E-state index in [4.69, 9.17) is 25.2 Å². The summed E-state index contributed by atoms with van der Waals surface area (Å²) in [4.78, 5) is 39.1. The molecular weight excluding hydrogens is 528 g/mol. The van der Waals surface area contributed by atoms with Crippen molar-refractivity contribution < 1.29 is 69.4 Å². The highest BCUT2D eigenvalue weighted by Gasteiger charge is 2.60. The zero-order valence-corrected chi connectivity index (χ0v) is 18.4. The lowest BCUT2D eigenvalue weighted by Gasteiger charge is -2.23. The van der Waals surface area contributed by atoms with Crippen molar-refractivity contribution in [3.63, 3.8) is 0 Å². The average molecular weight is 543 g/mol. The largest absolute Gasteiger partial charge is 0.506 e. The number of benzene rings is 1. The fourth-order valence-corrected chi connectivity index (χ4v) is 5.88. The van der Waals surface area contributed by atoms with Crippen LogP contribution >= 0.6 is 23.5 Å². The number of aromatic hydroxyl groups is 1. The number of halogens is 3. The molecule has 7 N–H and O–H groups in total. The van der Waals surface area contributed by atoms with Gasteiger partial charge in [-0.05, 0) is 6.07 Å². The third kappa shape index (κ3) is 5.75. The molecule has 0 radical (unpaired) electrons. The molecule has 2 aromatic rings. The molecule has 1 aliphatic heterocycles. The van der Waals surface area contributed by atoms with Crippen LogP contribution in [0, 0.1) is 0 Å². The Bertz CT molecular complexity index is 1210. The van der Waals surface area contributed by atoms with Crippen LogP contribution in [0.2, 0.25) is 0 Å². The number of phenols is 1. The molecule has 21 heteroatoms. The van der Waals surface area contributed by atoms with Crippen LogP contribution in [0.5, 0.6) is 5.75 Å². The first-order valence-electron chi connectivity index (χ1n) is 8.31. The van der Waals surface area contributed by atoms with Crippen molar-refractivity contribution in [2.24, 2.45) is 0 Å². The molecule has 0 spiro atoms. The zero-order chi connectivity index (χ0) is 25.0. The van der Waals surface area contributed by atoms with E-state index < -0.39 is 60.3 Å². The Hall–Kier alpha value is -1.55. The maximum atomic E-state index is 14.9. The fourth-order valence-electron chi connectivity index (χ4n) is 2.85. The van der Waals surface area contributed by atoms with Gasteiger partial charge in [0.15, 0.2) is 18.6 Å². The summed E-state index contributed by atoms with van der Waals surface area (Å²) in [6.45, 7) is -1.88. The number of rotatable bonds is 8. The first kappa shape index (κ1) is 26.1. The van der Waals surface area contributed by atoms with E-state index in [0.29, 0.717) is 0 Å². The average Bonchev–Trinajstić information content (AvgIpc) is 3.12. The quantitative estimate of drug-likeness (QED) is 0.205. The van der Waals surface area contributed by atoms with Crippen LogP contribution in [-0.4, -0.2) is 59.0 Å². The molecule has 2 unspecified atom stereocenters. The Morgan fingerprint density at radius 2 is 1.79 bits per heavy atom. The highest BCUT2D eigenvalue weighted by Crippen LogP contribution is 2.66. The molecule has 0 aliphatic carbocycles. The van der Waals surface area contributed by atoms with Gasteiger partial charge >= 0.3 is 23.5 Å². The first-order valence-corrected chi connectivity index (χ1v) is 12.8. The molecule has 1 aromatic carbocycles. The summed E-state index contributed by atoms with van der Waals surface area (Å²) in [5, 5.41) is 9.83. The second-order valence-electron chi connectivity index (χ2n) is 6.56. The number of nitrogen functional groups attached to an aromatic ring is 1. The van der Waals surface area contributed by atoms with Crippen LogP contribution in [0.15, 0.2) is 18.5 Å². The van der Waals surface area contributed by atoms with Gasteiger partial charge in [-0.2, -0.15) is 8.62 Å². The van der Waals surface area contributed by atoms with E-state index in [-0.39, 0.29) is 16.7 Å². The summed E-state index contributed by atoms with van der Waals surface area (Å²) >= 11 is 0. The number of phosphoric acid groups is 3. The van der Waals surface area contributed by atoms with Gasteiger partial charge in [0, 0.05) is 11.8 Å². The lowest BCUT2D eigenvalue weighted by molar-refractivity contribution is -0.192. The van der Waals surface area contributed by atoms with Crippen molar-refractivity contribution in [1.82, 2.24) is 9.55 Å². The monoisotopic (exact) mass is 543 g/mol. The van der Waals surface area contributed by atoms with Gasteiger partial charge in [0.1, 0.15) is 17.9 Å². The minimum Gasteiger partial charge on any atom is -0.506 e. The smallest absolute Gasteiger partial charge is 0.490 e. The number of hydrogen-bond acceptors (Lipinski definition) is 10. The summed E-state index contributed by atoms with van der Waals surface area (Å²) in [7, 11) is -17.4. The van der Waals surface area contributed by atoms with E-state index in [0.717, 1.165) is 17.0 Å². The molecule has 1 fully saturated rings. The van der Waals surface area contributed by atoms with Crippen molar-refractivity contribution in [3.05, 3.63) is 18.5 Å². The number of phosphoric ester groups is 1. The van der Waals surface area contributed by atoms with Crippen LogP contribution in [0.3, 0.4) is 0 Å². The first-order chi connectivity index (χ1) is 14.9. The molecule has 6 atom stereocenters. The number of hydrogen-bond donors (Lipinski definition) is 6. The van der Waals surface area contributed by atoms with E-state index in [1.807, 2.05) is 0 Å². The molecule has 0 bridgehead atoms. The van der Waals surface area contributed by atoms with Crippen LogP contribution in [0.1, 0.15) is 6.23 Å². The van der Waals surface area contributed by atoms with Gasteiger partial charge in [0.2, 0.25) is 0 Å². The third-order valence-electron chi connectivity index (χ3n) is 4.08. The standard InChI is InChI=1S/C12H15F3N3O12P3/c13-8-10(14)12(15,3-27-32(23,24)30-33(25,26)29-31(20,21)22)28-11(8)18-4-17-9-6(18)1-5(16)2-7(9)19/h1-2,4,8,10-11,19H,3,16H2,(H,23,24)(H,25,26)(H2,20,21,22)/t8-,10+,11-,12-/m1/s1. The SMILES string of the molecule is Nc1cc(O)c2ncn([C@@H]3O[C@](F)(COP(=O)(O)OP(=O)(O)OP(=O)(O)O)[C@@H](F)[C@H]3F)c2c1. The zero-order valence-electron chi connectivity index (χ0n) is 15.7. The Labute approximate surface area is 180 Å². The summed E-state index contributed by atoms with van der Waals surface area (Å²) in [5.74, 6) is -4.18. The minimum atomic E-state index is -5.92. The highest BCUT2D eigenvalue weighted by molar-refractivity contribution is 7.66. The Morgan fingerprint density at radius 1 is 1.15 bits per heavy atom. The molecule has 1 aromatic heterocycles. The predicted octanol–water partition coefficient (Wildman–Crippen LogP) is 1.54. The van der Waals surface area contributed by atoms with Crippen LogP contribution in [0.25, 0.3) is 11.0 Å². The summed E-state index contributed by atoms with van der Waals surface area (Å²) in [6, 6.07) is 2.30. The van der Waals surface area contributed by atoms with E-state index >= 15 is 0 Å². The highest BCUT2D eigenvalue weighted by atomic mass is 31.3. The maximum Gasteiger partial charge on any atom is 0.490 e. The van der Waals surface area contributed by atoms with Gasteiger partial charge < -0.3 is 39.7 Å². The van der Waals surface area contributed by atoms with Crippen molar-refractivity contribution in [2.45, 2.75) is 24.4 Å². The van der Waals surface area contributed by atoms with Gasteiger partial charge in [0.25, 0.3) is 5.85 Å². The molecule has 3 rings (SSSR count). The molecule has 1 aliphatic rings. The van der Waals surface area contributed by atoms with E-state index in [1.165, 1.54) is 6.07 Å². The Kier molecular flexibility index (Phi) is 6.78. The number of ether oxygens (including phenoxy) is 1. The molecule has 15 nitrogen and oxygen atoms in total. The predicted molar refractivity (Wildman–Crippen MR) is 99.4 cm³/mol. The van der Waals surface area contributed by atoms with E-state index in [1.54, 1.807) is 0 Å². The summed E-state index contributed by atoms with van der Waals surface area (Å²) in [6.07, 6.45) is -7.08. The lowest BCUT2D eigenvalue weighted by atomic mass is 10.1. The van der Waals surface area contributed by atoms with Gasteiger partial charge in [-0.25, -0.2) is 31.9 Å². The molecule has 0 amide bonds. The van der Waals surface area contributed by atoms with Crippen LogP contribution in [-0.2, 0) is 31.6 Å². The summed E-state index contributed by atoms with van der Waals surface area (Å²) in [5.41, 5.74) is 5.37. The topological polar surface area (TPSA) is 233 Å². The number of aromatic nitrogens is 2. The number of anilines is 1. The molecule has 1 saturated heterocycles. The van der Waals surface area contributed by atoms with Crippen LogP contribution in [0.4, 0.5) is 18.9 Å². The van der Waals surface area contributed by atoms with Crippen molar-refractivity contribution in [1.29, 1.82) is 0 Å². The van der Waals surface area contributed by atoms with Gasteiger partial charge in [-0.1, -0.05) is 0 Å². The fraction of sp³-hybridized carbons (Fsp3) is 0.417. The normalized spacial score (nSPS) is 29.7. The number of imidazole rings is 1. The van der Waals surface area contributed by atoms with Gasteiger partial charge in [-0.15, -0.1) is 0 Å². The molecular formula is C12H15F3N3O12P3. The third-order valence-corrected chi connectivity index (χ3v) is 7.86. The second kappa shape index (κ2) is 8.59. The molecule has 0 saturated carbocycles. The number of fused-ring (bicyclic) bond motifs is 1. The van der Waals surface area contributed by atoms with Gasteiger partial charge in [0.05, 0.1) is 11.8 Å². The van der Waals surface area contributed by atoms with Crippen molar-refractivity contribution in [2.75, 3.05) is 12.3 Å². The minimum absolute atomic E-state index is 0.00822. The number of nitrogens with zero attached hydrogens (tertiary/aromatic N) is 2. The Balaban J connectivity index is 1.78. The Morgan fingerprint density at radius 3 is 2.39 bits per heavy atom. The molecule has 33 heavy (non-hydrogen) atoms. The van der Waals surface area contributed by atoms with Crippen LogP contribution < -0.4 is 5.73 Å². The lowest BCUT2D eigenvalue weighted by Crippen LogP contribution is -2.39. The number of alkyl halides is 3. The number of nitrogens with two attached hydrogens (primary N) is 1. The second-order valence-corrected chi connectivity index (χ2v) is 11.0. The van der Waals surface area contributed by atoms with Crippen molar-refractivity contribution in [3.8, 4) is 5.75 Å². The molecule has 186 valence electrons. The summed E-state index contributed by atoms with van der Waals surface area (Å²) < 4.78 is 93.8. The maximum absolute atomic E-state index is 14.9. The van der Waals surface area contributed by atoms with Crippen molar-refractivity contribution >= 4 is 40.2 Å². The molecule has 2 heterocycles. The van der Waals surface area contributed by atoms with E-state index in [9.17, 15) is 36.9 Å². The van der Waals surface area contributed by atoms with Gasteiger partial charge in [-0.3, -0.25) is 4.52 Å². The van der Waals surface area contributed by atoms with E-state index in [2.05, 4.69) is 18.1 Å². The number of phenolic OH excluding ortho intramolecular Hbond substituents is 1.